The summed E-state index contributed by atoms with van der Waals surface area (Å²) in [6, 6.07) is 27.9. The zero-order valence-electron chi connectivity index (χ0n) is 20.9. The lowest BCUT2D eigenvalue weighted by Crippen LogP contribution is -2.51. The SMILES string of the molecule is CC(C)(C)[SiH](c1ccccc1)c1ccccc1C(O)C1CC(=O)C(C(=S)Nc2ccccc2)=C(O)C1. The minimum atomic E-state index is -1.74. The van der Waals surface area contributed by atoms with Crippen LogP contribution >= 0.6 is 12.2 Å². The first-order valence-corrected chi connectivity index (χ1v) is 14.4. The average Bonchev–Trinajstić information content (AvgIpc) is 2.84. The molecule has 3 aromatic carbocycles. The van der Waals surface area contributed by atoms with Crippen molar-refractivity contribution in [1.29, 1.82) is 0 Å². The lowest BCUT2D eigenvalue weighted by atomic mass is 9.81. The van der Waals surface area contributed by atoms with Crippen molar-refractivity contribution in [2.75, 3.05) is 5.32 Å². The Bertz CT molecular complexity index is 1270. The number of thiocarbonyl (C=S) groups is 1. The van der Waals surface area contributed by atoms with E-state index < -0.39 is 20.8 Å². The van der Waals surface area contributed by atoms with Gasteiger partial charge in [-0.1, -0.05) is 116 Å². The number of anilines is 1. The van der Waals surface area contributed by atoms with Gasteiger partial charge in [0.1, 0.15) is 19.5 Å². The second kappa shape index (κ2) is 10.9. The van der Waals surface area contributed by atoms with E-state index in [4.69, 9.17) is 12.2 Å². The van der Waals surface area contributed by atoms with Crippen molar-refractivity contribution in [1.82, 2.24) is 0 Å². The summed E-state index contributed by atoms with van der Waals surface area (Å²) in [7, 11) is -1.74. The van der Waals surface area contributed by atoms with Gasteiger partial charge in [-0.05, 0) is 22.7 Å². The number of carbonyl (C=O) groups excluding carboxylic acids is 1. The Morgan fingerprint density at radius 3 is 2.14 bits per heavy atom. The molecule has 4 nitrogen and oxygen atoms in total. The van der Waals surface area contributed by atoms with Gasteiger partial charge >= 0.3 is 0 Å². The molecule has 0 amide bonds. The number of aliphatic hydroxyl groups is 2. The molecule has 36 heavy (non-hydrogen) atoms. The zero-order valence-corrected chi connectivity index (χ0v) is 22.9. The molecule has 0 radical (unpaired) electrons. The normalized spacial score (nSPS) is 18.0. The smallest absolute Gasteiger partial charge is 0.169 e. The molecule has 0 spiro atoms. The van der Waals surface area contributed by atoms with Crippen LogP contribution in [0.4, 0.5) is 5.69 Å². The molecule has 0 aromatic heterocycles. The number of aliphatic hydroxyl groups excluding tert-OH is 2. The lowest BCUT2D eigenvalue weighted by molar-refractivity contribution is -0.118. The molecule has 0 heterocycles. The molecule has 1 aliphatic rings. The first-order chi connectivity index (χ1) is 17.2. The molecule has 186 valence electrons. The third kappa shape index (κ3) is 5.67. The molecule has 4 rings (SSSR count). The van der Waals surface area contributed by atoms with Crippen LogP contribution in [0, 0.1) is 5.92 Å². The van der Waals surface area contributed by atoms with Crippen molar-refractivity contribution in [3.05, 3.63) is 102 Å². The largest absolute Gasteiger partial charge is 0.511 e. The highest BCUT2D eigenvalue weighted by Crippen LogP contribution is 2.36. The molecule has 1 aliphatic carbocycles. The lowest BCUT2D eigenvalue weighted by Gasteiger charge is -2.34. The second-order valence-corrected chi connectivity index (χ2v) is 14.8. The molecule has 0 bridgehead atoms. The first kappa shape index (κ1) is 26.0. The number of benzene rings is 3. The molecule has 3 atom stereocenters. The van der Waals surface area contributed by atoms with E-state index >= 15 is 0 Å². The van der Waals surface area contributed by atoms with Crippen molar-refractivity contribution in [3.8, 4) is 0 Å². The third-order valence-corrected chi connectivity index (χ3v) is 11.0. The monoisotopic (exact) mass is 515 g/mol. The van der Waals surface area contributed by atoms with E-state index in [-0.39, 0.29) is 40.0 Å². The van der Waals surface area contributed by atoms with Gasteiger partial charge in [-0.2, -0.15) is 0 Å². The van der Waals surface area contributed by atoms with Crippen LogP contribution in [0.2, 0.25) is 5.04 Å². The summed E-state index contributed by atoms with van der Waals surface area (Å²) < 4.78 is 0. The fourth-order valence-corrected chi connectivity index (χ4v) is 9.36. The number of nitrogens with one attached hydrogen (secondary N) is 1. The van der Waals surface area contributed by atoms with Crippen LogP contribution < -0.4 is 15.7 Å². The van der Waals surface area contributed by atoms with Gasteiger partial charge in [0.25, 0.3) is 0 Å². The molecule has 6 heteroatoms. The summed E-state index contributed by atoms with van der Waals surface area (Å²) in [4.78, 5) is 13.3. The quantitative estimate of drug-likeness (QED) is 0.315. The van der Waals surface area contributed by atoms with Gasteiger partial charge in [-0.25, -0.2) is 0 Å². The molecule has 0 aliphatic heterocycles. The Labute approximate surface area is 220 Å². The van der Waals surface area contributed by atoms with Crippen LogP contribution in [-0.4, -0.2) is 29.8 Å². The fraction of sp³-hybridized carbons (Fsp3) is 0.267. The molecule has 3 aromatic rings. The van der Waals surface area contributed by atoms with Crippen molar-refractivity contribution in [2.24, 2.45) is 5.92 Å². The van der Waals surface area contributed by atoms with Gasteiger partial charge in [0.05, 0.1) is 11.7 Å². The molecule has 3 unspecified atom stereocenters. The van der Waals surface area contributed by atoms with E-state index in [2.05, 4.69) is 56.4 Å². The Balaban J connectivity index is 1.63. The fourth-order valence-electron chi connectivity index (χ4n) is 5.21. The number of rotatable bonds is 6. The number of hydrogen-bond donors (Lipinski definition) is 3. The highest BCUT2D eigenvalue weighted by Gasteiger charge is 2.37. The van der Waals surface area contributed by atoms with Crippen LogP contribution in [0.5, 0.6) is 0 Å². The minimum absolute atomic E-state index is 0.0318. The predicted molar refractivity (Wildman–Crippen MR) is 154 cm³/mol. The topological polar surface area (TPSA) is 69.6 Å². The maximum absolute atomic E-state index is 13.1. The highest BCUT2D eigenvalue weighted by atomic mass is 32.1. The van der Waals surface area contributed by atoms with Gasteiger partial charge < -0.3 is 15.5 Å². The summed E-state index contributed by atoms with van der Waals surface area (Å²) in [5, 5.41) is 28.0. The molecular weight excluding hydrogens is 482 g/mol. The number of ketones is 1. The summed E-state index contributed by atoms with van der Waals surface area (Å²) in [6.45, 7) is 6.77. The molecule has 0 fully saturated rings. The molecule has 3 N–H and O–H groups in total. The van der Waals surface area contributed by atoms with Crippen molar-refractivity contribution < 1.29 is 15.0 Å². The van der Waals surface area contributed by atoms with E-state index in [1.807, 2.05) is 54.6 Å². The minimum Gasteiger partial charge on any atom is -0.511 e. The van der Waals surface area contributed by atoms with E-state index in [1.54, 1.807) is 0 Å². The Morgan fingerprint density at radius 1 is 0.944 bits per heavy atom. The van der Waals surface area contributed by atoms with Gasteiger partial charge in [0, 0.05) is 24.4 Å². The van der Waals surface area contributed by atoms with Crippen molar-refractivity contribution >= 4 is 47.8 Å². The van der Waals surface area contributed by atoms with Gasteiger partial charge in [0.2, 0.25) is 0 Å². The summed E-state index contributed by atoms with van der Waals surface area (Å²) in [6.07, 6.45) is -0.552. The zero-order chi connectivity index (χ0) is 25.9. The number of Topliss-reactive ketones (excluding diaryl/α,β-unsaturated/α-hetero) is 1. The van der Waals surface area contributed by atoms with Crippen molar-refractivity contribution in [3.63, 3.8) is 0 Å². The Morgan fingerprint density at radius 2 is 1.53 bits per heavy atom. The van der Waals surface area contributed by atoms with Crippen LogP contribution in [0.15, 0.2) is 96.3 Å². The average molecular weight is 516 g/mol. The summed E-state index contributed by atoms with van der Waals surface area (Å²) >= 11 is 5.45. The van der Waals surface area contributed by atoms with Crippen LogP contribution in [0.1, 0.15) is 45.3 Å². The predicted octanol–water partition coefficient (Wildman–Crippen LogP) is 5.09. The van der Waals surface area contributed by atoms with E-state index in [0.29, 0.717) is 0 Å². The third-order valence-electron chi connectivity index (χ3n) is 6.80. The molecule has 0 saturated heterocycles. The number of allylic oxidation sites excluding steroid dienone is 1. The van der Waals surface area contributed by atoms with Gasteiger partial charge in [-0.15, -0.1) is 0 Å². The Hall–Kier alpha value is -3.06. The number of hydrogen-bond acceptors (Lipinski definition) is 4. The van der Waals surface area contributed by atoms with Gasteiger partial charge in [-0.3, -0.25) is 4.79 Å². The van der Waals surface area contributed by atoms with E-state index in [9.17, 15) is 15.0 Å². The highest BCUT2D eigenvalue weighted by molar-refractivity contribution is 7.81. The van der Waals surface area contributed by atoms with Crippen LogP contribution in [0.25, 0.3) is 0 Å². The van der Waals surface area contributed by atoms with Crippen LogP contribution in [-0.2, 0) is 4.79 Å². The van der Waals surface area contributed by atoms with Crippen molar-refractivity contribution in [2.45, 2.75) is 44.8 Å². The maximum atomic E-state index is 13.1. The molecular formula is C30H33NO3SSi. The van der Waals surface area contributed by atoms with Gasteiger partial charge in [0.15, 0.2) is 5.78 Å². The summed E-state index contributed by atoms with van der Waals surface area (Å²) in [5.74, 6) is -0.734. The summed E-state index contributed by atoms with van der Waals surface area (Å²) in [5.41, 5.74) is 1.76. The standard InChI is InChI=1S/C30H33NO3SSi/c1-30(2,3)36(22-14-8-5-9-15-22)26-17-11-10-16-23(26)28(34)20-18-24(32)27(25(33)19-20)29(35)31-21-12-6-4-7-13-21/h4-17,20,28,32,34,36H,18-19H2,1-3H3,(H,31,35). The maximum Gasteiger partial charge on any atom is 0.169 e. The van der Waals surface area contributed by atoms with E-state index in [0.717, 1.165) is 11.3 Å². The van der Waals surface area contributed by atoms with E-state index in [1.165, 1.54) is 10.4 Å². The number of para-hydroxylation sites is 1. The number of carbonyl (C=O) groups is 1. The van der Waals surface area contributed by atoms with Crippen LogP contribution in [0.3, 0.4) is 0 Å². The first-order valence-electron chi connectivity index (χ1n) is 12.3. The Kier molecular flexibility index (Phi) is 7.88. The molecule has 0 saturated carbocycles. The second-order valence-electron chi connectivity index (χ2n) is 10.5.